The van der Waals surface area contributed by atoms with Crippen molar-refractivity contribution in [3.05, 3.63) is 70.8 Å². The van der Waals surface area contributed by atoms with Gasteiger partial charge in [0.1, 0.15) is 0 Å². The molecule has 2 aromatic carbocycles. The molecule has 0 aliphatic carbocycles. The number of hydrogen-bond donors (Lipinski definition) is 2. The van der Waals surface area contributed by atoms with Gasteiger partial charge >= 0.3 is 0 Å². The highest BCUT2D eigenvalue weighted by Gasteiger charge is 2.38. The molecule has 0 amide bonds. The fourth-order valence-electron chi connectivity index (χ4n) is 2.69. The van der Waals surface area contributed by atoms with Crippen molar-refractivity contribution in [2.24, 2.45) is 11.5 Å². The normalized spacial score (nSPS) is 17.0. The van der Waals surface area contributed by atoms with Gasteiger partial charge in [0, 0.05) is 23.9 Å². The molecule has 1 fully saturated rings. The van der Waals surface area contributed by atoms with Gasteiger partial charge in [-0.3, -0.25) is 0 Å². The van der Waals surface area contributed by atoms with Crippen molar-refractivity contribution in [3.8, 4) is 0 Å². The highest BCUT2D eigenvalue weighted by molar-refractivity contribution is 8.19. The maximum absolute atomic E-state index is 5.71. The second-order valence-electron chi connectivity index (χ2n) is 5.24. The first-order valence-electron chi connectivity index (χ1n) is 7.09. The second kappa shape index (κ2) is 6.44. The zero-order valence-corrected chi connectivity index (χ0v) is 13.6. The van der Waals surface area contributed by atoms with E-state index in [1.54, 1.807) is 0 Å². The van der Waals surface area contributed by atoms with Crippen molar-refractivity contribution < 1.29 is 0 Å². The van der Waals surface area contributed by atoms with Crippen LogP contribution < -0.4 is 11.5 Å². The fourth-order valence-corrected chi connectivity index (χ4v) is 5.97. The maximum Gasteiger partial charge on any atom is 0.0755 e. The minimum atomic E-state index is 0.0604. The van der Waals surface area contributed by atoms with E-state index >= 15 is 0 Å². The van der Waals surface area contributed by atoms with Crippen LogP contribution in [0.4, 0.5) is 0 Å². The minimum absolute atomic E-state index is 0.0604. The van der Waals surface area contributed by atoms with E-state index in [0.717, 1.165) is 10.8 Å². The maximum atomic E-state index is 5.71. The quantitative estimate of drug-likeness (QED) is 0.909. The van der Waals surface area contributed by atoms with E-state index < -0.39 is 0 Å². The molecule has 0 unspecified atom stereocenters. The van der Waals surface area contributed by atoms with E-state index in [4.69, 9.17) is 11.5 Å². The van der Waals surface area contributed by atoms with Gasteiger partial charge in [0.05, 0.1) is 4.75 Å². The van der Waals surface area contributed by atoms with Gasteiger partial charge in [-0.2, -0.15) is 0 Å². The van der Waals surface area contributed by atoms with Crippen LogP contribution in [0.25, 0.3) is 0 Å². The second-order valence-corrected chi connectivity index (χ2v) is 7.87. The Morgan fingerprint density at radius 1 is 0.810 bits per heavy atom. The Balaban J connectivity index is 2.01. The molecule has 1 aliphatic rings. The smallest absolute Gasteiger partial charge is 0.0755 e. The monoisotopic (exact) mass is 316 g/mol. The van der Waals surface area contributed by atoms with Gasteiger partial charge in [0.25, 0.3) is 0 Å². The van der Waals surface area contributed by atoms with Crippen LogP contribution in [0.3, 0.4) is 0 Å². The third-order valence-electron chi connectivity index (χ3n) is 4.01. The molecule has 4 heteroatoms. The van der Waals surface area contributed by atoms with Crippen molar-refractivity contribution >= 4 is 23.5 Å². The number of hydrogen-bond acceptors (Lipinski definition) is 4. The SMILES string of the molecule is NCc1ccc(C2(c3ccc(CN)cc3)CSCS2)cc1. The number of nitrogens with two attached hydrogens (primary N) is 2. The van der Waals surface area contributed by atoms with Gasteiger partial charge in [-0.15, -0.1) is 23.5 Å². The molecule has 1 heterocycles. The molecule has 0 saturated carbocycles. The zero-order valence-electron chi connectivity index (χ0n) is 11.9. The molecule has 3 rings (SSSR count). The van der Waals surface area contributed by atoms with Gasteiger partial charge in [-0.1, -0.05) is 48.5 Å². The Bertz CT molecular complexity index is 538. The summed E-state index contributed by atoms with van der Waals surface area (Å²) >= 11 is 4.03. The molecule has 1 aliphatic heterocycles. The van der Waals surface area contributed by atoms with Crippen molar-refractivity contribution in [2.75, 3.05) is 10.8 Å². The van der Waals surface area contributed by atoms with Crippen LogP contribution in [0, 0.1) is 0 Å². The summed E-state index contributed by atoms with van der Waals surface area (Å²) in [4.78, 5) is 0. The van der Waals surface area contributed by atoms with Gasteiger partial charge < -0.3 is 11.5 Å². The predicted octanol–water partition coefficient (Wildman–Crippen LogP) is 3.29. The average Bonchev–Trinajstić information content (AvgIpc) is 3.06. The lowest BCUT2D eigenvalue weighted by molar-refractivity contribution is 0.859. The summed E-state index contributed by atoms with van der Waals surface area (Å²) in [6, 6.07) is 17.5. The van der Waals surface area contributed by atoms with Crippen molar-refractivity contribution in [3.63, 3.8) is 0 Å². The summed E-state index contributed by atoms with van der Waals surface area (Å²) in [6.07, 6.45) is 0. The van der Waals surface area contributed by atoms with Crippen molar-refractivity contribution in [1.82, 2.24) is 0 Å². The summed E-state index contributed by atoms with van der Waals surface area (Å²) in [6.45, 7) is 1.20. The van der Waals surface area contributed by atoms with E-state index in [0.29, 0.717) is 13.1 Å². The standard InChI is InChI=1S/C17H20N2S2/c18-9-13-1-5-15(6-2-13)17(11-20-12-21-17)16-7-3-14(10-19)4-8-16/h1-8H,9-12,18-19H2. The first kappa shape index (κ1) is 15.0. The first-order valence-corrected chi connectivity index (χ1v) is 9.23. The molecule has 0 spiro atoms. The molecule has 0 bridgehead atoms. The van der Waals surface area contributed by atoms with E-state index in [-0.39, 0.29) is 4.75 Å². The lowest BCUT2D eigenvalue weighted by Gasteiger charge is -2.29. The Hall–Kier alpha value is -0.940. The summed E-state index contributed by atoms with van der Waals surface area (Å²) in [5, 5.41) is 1.14. The molecule has 0 aromatic heterocycles. The molecule has 4 N–H and O–H groups in total. The Kier molecular flexibility index (Phi) is 4.60. The van der Waals surface area contributed by atoms with Crippen LogP contribution in [0.5, 0.6) is 0 Å². The molecule has 2 aromatic rings. The molecule has 0 radical (unpaired) electrons. The lowest BCUT2D eigenvalue weighted by Crippen LogP contribution is -2.23. The Morgan fingerprint density at radius 2 is 1.29 bits per heavy atom. The molecule has 2 nitrogen and oxygen atoms in total. The van der Waals surface area contributed by atoms with Crippen LogP contribution in [0.2, 0.25) is 0 Å². The highest BCUT2D eigenvalue weighted by atomic mass is 32.2. The van der Waals surface area contributed by atoms with Crippen LogP contribution in [0.1, 0.15) is 22.3 Å². The van der Waals surface area contributed by atoms with E-state index in [1.807, 2.05) is 23.5 Å². The predicted molar refractivity (Wildman–Crippen MR) is 94.4 cm³/mol. The van der Waals surface area contributed by atoms with Crippen LogP contribution in [-0.2, 0) is 17.8 Å². The van der Waals surface area contributed by atoms with E-state index in [1.165, 1.54) is 22.3 Å². The summed E-state index contributed by atoms with van der Waals surface area (Å²) in [7, 11) is 0. The molecule has 110 valence electrons. The van der Waals surface area contributed by atoms with Crippen molar-refractivity contribution in [1.29, 1.82) is 0 Å². The number of rotatable bonds is 4. The third kappa shape index (κ3) is 2.86. The Labute approximate surface area is 134 Å². The van der Waals surface area contributed by atoms with Gasteiger partial charge in [0.2, 0.25) is 0 Å². The van der Waals surface area contributed by atoms with Crippen LogP contribution in [-0.4, -0.2) is 10.8 Å². The fraction of sp³-hybridized carbons (Fsp3) is 0.294. The third-order valence-corrected chi connectivity index (χ3v) is 7.07. The Morgan fingerprint density at radius 3 is 1.62 bits per heavy atom. The molecule has 1 saturated heterocycles. The molecular formula is C17H20N2S2. The summed E-state index contributed by atoms with van der Waals surface area (Å²) in [5.74, 6) is 1.11. The van der Waals surface area contributed by atoms with E-state index in [9.17, 15) is 0 Å². The summed E-state index contributed by atoms with van der Waals surface area (Å²) in [5.41, 5.74) is 16.5. The molecule has 0 atom stereocenters. The van der Waals surface area contributed by atoms with Crippen LogP contribution >= 0.6 is 23.5 Å². The lowest BCUT2D eigenvalue weighted by atomic mass is 9.90. The van der Waals surface area contributed by atoms with E-state index in [2.05, 4.69) is 48.5 Å². The van der Waals surface area contributed by atoms with Gasteiger partial charge in [-0.25, -0.2) is 0 Å². The molecule has 21 heavy (non-hydrogen) atoms. The number of benzene rings is 2. The van der Waals surface area contributed by atoms with Crippen molar-refractivity contribution in [2.45, 2.75) is 17.8 Å². The zero-order chi connectivity index (χ0) is 14.7. The highest BCUT2D eigenvalue weighted by Crippen LogP contribution is 2.51. The average molecular weight is 316 g/mol. The largest absolute Gasteiger partial charge is 0.326 e. The number of thioether (sulfide) groups is 2. The van der Waals surface area contributed by atoms with Gasteiger partial charge in [-0.05, 0) is 22.3 Å². The first-order chi connectivity index (χ1) is 10.3. The minimum Gasteiger partial charge on any atom is -0.326 e. The van der Waals surface area contributed by atoms with Gasteiger partial charge in [0.15, 0.2) is 0 Å². The van der Waals surface area contributed by atoms with Crippen LogP contribution in [0.15, 0.2) is 48.5 Å². The topological polar surface area (TPSA) is 52.0 Å². The molecular weight excluding hydrogens is 296 g/mol. The summed E-state index contributed by atoms with van der Waals surface area (Å²) < 4.78 is 0.0604.